The highest BCUT2D eigenvalue weighted by Gasteiger charge is 2.29. The average molecular weight is 213 g/mol. The van der Waals surface area contributed by atoms with Crippen molar-refractivity contribution in [2.24, 2.45) is 0 Å². The van der Waals surface area contributed by atoms with Crippen LogP contribution in [0.25, 0.3) is 0 Å². The SMILES string of the molecule is O=S(=O)(CC(F)F)C1CCCNC1. The van der Waals surface area contributed by atoms with Gasteiger partial charge in [0.15, 0.2) is 9.84 Å². The van der Waals surface area contributed by atoms with Crippen LogP contribution in [0.4, 0.5) is 8.78 Å². The summed E-state index contributed by atoms with van der Waals surface area (Å²) in [6.45, 7) is 1.09. The number of halogens is 2. The molecule has 1 fully saturated rings. The molecule has 0 spiro atoms. The highest BCUT2D eigenvalue weighted by atomic mass is 32.2. The lowest BCUT2D eigenvalue weighted by molar-refractivity contribution is 0.174. The zero-order chi connectivity index (χ0) is 9.90. The summed E-state index contributed by atoms with van der Waals surface area (Å²) in [7, 11) is -3.60. The predicted molar refractivity (Wildman–Crippen MR) is 45.7 cm³/mol. The summed E-state index contributed by atoms with van der Waals surface area (Å²) < 4.78 is 46.3. The first-order chi connectivity index (χ1) is 6.02. The molecule has 1 rings (SSSR count). The van der Waals surface area contributed by atoms with Gasteiger partial charge in [0.2, 0.25) is 0 Å². The Morgan fingerprint density at radius 3 is 2.62 bits per heavy atom. The molecule has 0 saturated carbocycles. The molecule has 0 aliphatic carbocycles. The second kappa shape index (κ2) is 4.32. The van der Waals surface area contributed by atoms with Crippen LogP contribution in [0.5, 0.6) is 0 Å². The van der Waals surface area contributed by atoms with Gasteiger partial charge in [-0.05, 0) is 19.4 Å². The molecule has 1 aliphatic heterocycles. The summed E-state index contributed by atoms with van der Waals surface area (Å²) in [6, 6.07) is 0. The lowest BCUT2D eigenvalue weighted by Gasteiger charge is -2.22. The lowest BCUT2D eigenvalue weighted by atomic mass is 10.2. The Hall–Kier alpha value is -0.230. The normalized spacial score (nSPS) is 25.0. The molecule has 3 nitrogen and oxygen atoms in total. The third-order valence-corrected chi connectivity index (χ3v) is 4.25. The Kier molecular flexibility index (Phi) is 3.61. The van der Waals surface area contributed by atoms with Crippen molar-refractivity contribution in [3.8, 4) is 0 Å². The molecule has 6 heteroatoms. The predicted octanol–water partition coefficient (Wildman–Crippen LogP) is 0.418. The Bertz CT molecular complexity index is 247. The van der Waals surface area contributed by atoms with E-state index >= 15 is 0 Å². The van der Waals surface area contributed by atoms with E-state index in [4.69, 9.17) is 0 Å². The maximum atomic E-state index is 11.9. The molecule has 1 atom stereocenters. The summed E-state index contributed by atoms with van der Waals surface area (Å²) in [6.07, 6.45) is -1.51. The number of rotatable bonds is 3. The van der Waals surface area contributed by atoms with E-state index < -0.39 is 27.3 Å². The molecule has 0 aromatic carbocycles. The van der Waals surface area contributed by atoms with Gasteiger partial charge in [-0.2, -0.15) is 0 Å². The molecular formula is C7H13F2NO2S. The third-order valence-electron chi connectivity index (χ3n) is 2.12. The number of nitrogens with one attached hydrogen (secondary N) is 1. The Labute approximate surface area is 76.4 Å². The third kappa shape index (κ3) is 3.19. The van der Waals surface area contributed by atoms with Gasteiger partial charge in [-0.1, -0.05) is 0 Å². The minimum absolute atomic E-state index is 0.315. The largest absolute Gasteiger partial charge is 0.315 e. The van der Waals surface area contributed by atoms with Crippen molar-refractivity contribution < 1.29 is 17.2 Å². The van der Waals surface area contributed by atoms with E-state index in [-0.39, 0.29) is 0 Å². The average Bonchev–Trinajstić information content (AvgIpc) is 2.04. The summed E-state index contributed by atoms with van der Waals surface area (Å²) in [5, 5.41) is 2.27. The zero-order valence-electron chi connectivity index (χ0n) is 7.17. The molecule has 1 aliphatic rings. The Balaban J connectivity index is 2.57. The van der Waals surface area contributed by atoms with Crippen molar-refractivity contribution in [2.75, 3.05) is 18.8 Å². The van der Waals surface area contributed by atoms with E-state index in [0.717, 1.165) is 13.0 Å². The maximum absolute atomic E-state index is 11.9. The van der Waals surface area contributed by atoms with Crippen molar-refractivity contribution in [1.82, 2.24) is 5.32 Å². The summed E-state index contributed by atoms with van der Waals surface area (Å²) >= 11 is 0. The molecule has 1 heterocycles. The van der Waals surface area contributed by atoms with Crippen LogP contribution in [-0.2, 0) is 9.84 Å². The number of alkyl halides is 2. The van der Waals surface area contributed by atoms with Gasteiger partial charge in [-0.15, -0.1) is 0 Å². The highest BCUT2D eigenvalue weighted by Crippen LogP contribution is 2.14. The second-order valence-electron chi connectivity index (χ2n) is 3.19. The minimum Gasteiger partial charge on any atom is -0.315 e. The van der Waals surface area contributed by atoms with E-state index in [2.05, 4.69) is 5.32 Å². The summed E-state index contributed by atoms with van der Waals surface area (Å²) in [5.74, 6) is -1.00. The zero-order valence-corrected chi connectivity index (χ0v) is 7.99. The van der Waals surface area contributed by atoms with E-state index in [1.54, 1.807) is 0 Å². The van der Waals surface area contributed by atoms with Crippen LogP contribution in [0, 0.1) is 0 Å². The van der Waals surface area contributed by atoms with E-state index in [9.17, 15) is 17.2 Å². The van der Waals surface area contributed by atoms with Gasteiger partial charge in [0.1, 0.15) is 5.75 Å². The van der Waals surface area contributed by atoms with E-state index in [0.29, 0.717) is 13.0 Å². The number of hydrogen-bond acceptors (Lipinski definition) is 3. The first kappa shape index (κ1) is 10.8. The van der Waals surface area contributed by atoms with Crippen molar-refractivity contribution in [3.63, 3.8) is 0 Å². The summed E-state index contributed by atoms with van der Waals surface area (Å²) in [4.78, 5) is 0. The lowest BCUT2D eigenvalue weighted by Crippen LogP contribution is -2.40. The van der Waals surface area contributed by atoms with Crippen LogP contribution in [0.2, 0.25) is 0 Å². The van der Waals surface area contributed by atoms with Crippen LogP contribution in [-0.4, -0.2) is 38.9 Å². The first-order valence-corrected chi connectivity index (χ1v) is 5.94. The first-order valence-electron chi connectivity index (χ1n) is 4.23. The van der Waals surface area contributed by atoms with Crippen LogP contribution in [0.3, 0.4) is 0 Å². The molecule has 0 bridgehead atoms. The van der Waals surface area contributed by atoms with Gasteiger partial charge in [0.25, 0.3) is 6.43 Å². The van der Waals surface area contributed by atoms with Crippen LogP contribution in [0.1, 0.15) is 12.8 Å². The maximum Gasteiger partial charge on any atom is 0.252 e. The second-order valence-corrected chi connectivity index (χ2v) is 5.51. The van der Waals surface area contributed by atoms with E-state index in [1.807, 2.05) is 0 Å². The molecule has 1 saturated heterocycles. The Morgan fingerprint density at radius 2 is 2.15 bits per heavy atom. The van der Waals surface area contributed by atoms with Crippen LogP contribution < -0.4 is 5.32 Å². The number of hydrogen-bond donors (Lipinski definition) is 1. The molecule has 0 aromatic heterocycles. The van der Waals surface area contributed by atoms with Crippen molar-refractivity contribution >= 4 is 9.84 Å². The molecule has 0 amide bonds. The molecule has 1 unspecified atom stereocenters. The fourth-order valence-corrected chi connectivity index (χ4v) is 2.96. The fraction of sp³-hybridized carbons (Fsp3) is 1.00. The number of piperidine rings is 1. The quantitative estimate of drug-likeness (QED) is 0.739. The van der Waals surface area contributed by atoms with Crippen LogP contribution >= 0.6 is 0 Å². The molecule has 13 heavy (non-hydrogen) atoms. The van der Waals surface area contributed by atoms with Gasteiger partial charge < -0.3 is 5.32 Å². The molecule has 78 valence electrons. The van der Waals surface area contributed by atoms with Crippen molar-refractivity contribution in [2.45, 2.75) is 24.5 Å². The van der Waals surface area contributed by atoms with Gasteiger partial charge in [-0.3, -0.25) is 0 Å². The molecule has 0 aromatic rings. The molecule has 0 radical (unpaired) electrons. The molecular weight excluding hydrogens is 200 g/mol. The Morgan fingerprint density at radius 1 is 1.46 bits per heavy atom. The monoisotopic (exact) mass is 213 g/mol. The smallest absolute Gasteiger partial charge is 0.252 e. The van der Waals surface area contributed by atoms with Crippen molar-refractivity contribution in [1.29, 1.82) is 0 Å². The van der Waals surface area contributed by atoms with Gasteiger partial charge >= 0.3 is 0 Å². The van der Waals surface area contributed by atoms with Gasteiger partial charge in [-0.25, -0.2) is 17.2 Å². The topological polar surface area (TPSA) is 46.2 Å². The number of sulfone groups is 1. The van der Waals surface area contributed by atoms with Gasteiger partial charge in [0, 0.05) is 6.54 Å². The standard InChI is InChI=1S/C7H13F2NO2S/c8-7(9)5-13(11,12)6-2-1-3-10-4-6/h6-7,10H,1-5H2. The van der Waals surface area contributed by atoms with E-state index in [1.165, 1.54) is 0 Å². The summed E-state index contributed by atoms with van der Waals surface area (Å²) in [5.41, 5.74) is 0. The van der Waals surface area contributed by atoms with Crippen LogP contribution in [0.15, 0.2) is 0 Å². The fourth-order valence-electron chi connectivity index (χ4n) is 1.44. The molecule has 1 N–H and O–H groups in total. The minimum atomic E-state index is -3.60. The highest BCUT2D eigenvalue weighted by molar-refractivity contribution is 7.92. The van der Waals surface area contributed by atoms with Gasteiger partial charge in [0.05, 0.1) is 5.25 Å². The van der Waals surface area contributed by atoms with Crippen molar-refractivity contribution in [3.05, 3.63) is 0 Å².